The van der Waals surface area contributed by atoms with Crippen LogP contribution in [0.1, 0.15) is 50.5 Å². The van der Waals surface area contributed by atoms with Gasteiger partial charge in [0.1, 0.15) is 0 Å². The van der Waals surface area contributed by atoms with Crippen LogP contribution in [0.25, 0.3) is 0 Å². The molecule has 4 rings (SSSR count). The third-order valence-electron chi connectivity index (χ3n) is 8.34. The zero-order valence-corrected chi connectivity index (χ0v) is 20.2. The molecule has 0 bridgehead atoms. The molecule has 3 fully saturated rings. The molecule has 0 aromatic heterocycles. The van der Waals surface area contributed by atoms with Gasteiger partial charge in [0, 0.05) is 32.3 Å². The molecule has 0 atom stereocenters. The van der Waals surface area contributed by atoms with E-state index in [0.717, 1.165) is 38.8 Å². The number of nitrogens with zero attached hydrogens (tertiary/aromatic N) is 3. The summed E-state index contributed by atoms with van der Waals surface area (Å²) in [5, 5.41) is 0. The monoisotopic (exact) mass is 443 g/mol. The van der Waals surface area contributed by atoms with Crippen molar-refractivity contribution in [2.45, 2.75) is 56.0 Å². The first-order valence-corrected chi connectivity index (χ1v) is 12.4. The number of urea groups is 1. The van der Waals surface area contributed by atoms with Gasteiger partial charge in [-0.15, -0.1) is 0 Å². The van der Waals surface area contributed by atoms with Crippen molar-refractivity contribution in [1.29, 1.82) is 0 Å². The van der Waals surface area contributed by atoms with Gasteiger partial charge in [-0.2, -0.15) is 0 Å². The fourth-order valence-electron chi connectivity index (χ4n) is 5.98. The van der Waals surface area contributed by atoms with Crippen molar-refractivity contribution in [3.63, 3.8) is 0 Å². The molecule has 1 spiro atoms. The van der Waals surface area contributed by atoms with Crippen molar-refractivity contribution in [3.8, 4) is 0 Å². The molecule has 0 radical (unpaired) electrons. The Morgan fingerprint density at radius 1 is 1.03 bits per heavy atom. The lowest BCUT2D eigenvalue weighted by atomic mass is 9.68. The standard InChI is InChI=1S/C26H41N3O3/c1-27(2)26(23-10-5-4-6-11-23)14-12-25(13-15-26)21-28(16-17-32-19-18-31-3)24(30)29(25)20-22-8-7-9-22/h4-6,10-11,22H,7-9,12-21H2,1-3H3/t25-,26+. The van der Waals surface area contributed by atoms with Gasteiger partial charge in [-0.3, -0.25) is 4.90 Å². The summed E-state index contributed by atoms with van der Waals surface area (Å²) in [4.78, 5) is 20.2. The fraction of sp³-hybridized carbons (Fsp3) is 0.731. The first-order chi connectivity index (χ1) is 15.5. The van der Waals surface area contributed by atoms with Crippen LogP contribution in [0.5, 0.6) is 0 Å². The van der Waals surface area contributed by atoms with Crippen LogP contribution < -0.4 is 0 Å². The van der Waals surface area contributed by atoms with Gasteiger partial charge < -0.3 is 19.3 Å². The molecule has 0 N–H and O–H groups in total. The van der Waals surface area contributed by atoms with Crippen LogP contribution in [0.4, 0.5) is 4.79 Å². The number of carbonyl (C=O) groups excluding carboxylic acids is 1. The summed E-state index contributed by atoms with van der Waals surface area (Å²) >= 11 is 0. The number of ether oxygens (including phenoxy) is 2. The lowest BCUT2D eigenvalue weighted by Gasteiger charge is -2.51. The van der Waals surface area contributed by atoms with Crippen molar-refractivity contribution in [1.82, 2.24) is 14.7 Å². The number of methoxy groups -OCH3 is 1. The van der Waals surface area contributed by atoms with E-state index in [1.54, 1.807) is 7.11 Å². The molecule has 178 valence electrons. The molecular formula is C26H41N3O3. The maximum atomic E-state index is 13.5. The SMILES string of the molecule is COCCOCCN1C[C@]2(CC[C@](c3ccccc3)(N(C)C)CC2)N(CC2CCC2)C1=O. The highest BCUT2D eigenvalue weighted by molar-refractivity contribution is 5.78. The Balaban J connectivity index is 1.48. The highest BCUT2D eigenvalue weighted by Gasteiger charge is 2.54. The van der Waals surface area contributed by atoms with E-state index in [-0.39, 0.29) is 17.1 Å². The van der Waals surface area contributed by atoms with E-state index in [1.165, 1.54) is 24.8 Å². The molecule has 1 aliphatic heterocycles. The van der Waals surface area contributed by atoms with Crippen molar-refractivity contribution in [3.05, 3.63) is 35.9 Å². The number of hydrogen-bond acceptors (Lipinski definition) is 4. The number of carbonyl (C=O) groups is 1. The number of benzene rings is 1. The van der Waals surface area contributed by atoms with E-state index < -0.39 is 0 Å². The van der Waals surface area contributed by atoms with Crippen LogP contribution in [0.3, 0.4) is 0 Å². The molecule has 1 aromatic rings. The number of hydrogen-bond donors (Lipinski definition) is 0. The minimum atomic E-state index is -0.0342. The summed E-state index contributed by atoms with van der Waals surface area (Å²) in [6.07, 6.45) is 8.12. The Morgan fingerprint density at radius 3 is 2.34 bits per heavy atom. The topological polar surface area (TPSA) is 45.3 Å². The van der Waals surface area contributed by atoms with Gasteiger partial charge in [-0.25, -0.2) is 4.79 Å². The van der Waals surface area contributed by atoms with Gasteiger partial charge in [-0.05, 0) is 64.1 Å². The fourth-order valence-corrected chi connectivity index (χ4v) is 5.98. The molecule has 1 saturated heterocycles. The quantitative estimate of drug-likeness (QED) is 0.514. The largest absolute Gasteiger partial charge is 0.382 e. The minimum absolute atomic E-state index is 0.0342. The van der Waals surface area contributed by atoms with Crippen LogP contribution in [0, 0.1) is 5.92 Å². The minimum Gasteiger partial charge on any atom is -0.382 e. The van der Waals surface area contributed by atoms with Crippen LogP contribution >= 0.6 is 0 Å². The number of rotatable bonds is 10. The first-order valence-electron chi connectivity index (χ1n) is 12.4. The van der Waals surface area contributed by atoms with Gasteiger partial charge in [0.05, 0.1) is 25.4 Å². The predicted octanol–water partition coefficient (Wildman–Crippen LogP) is 3.96. The second-order valence-corrected chi connectivity index (χ2v) is 10.2. The smallest absolute Gasteiger partial charge is 0.320 e. The van der Waals surface area contributed by atoms with E-state index >= 15 is 0 Å². The van der Waals surface area contributed by atoms with Gasteiger partial charge in [0.25, 0.3) is 0 Å². The molecule has 0 unspecified atom stereocenters. The average molecular weight is 444 g/mol. The summed E-state index contributed by atoms with van der Waals surface area (Å²) in [6.45, 7) is 4.19. The van der Waals surface area contributed by atoms with Gasteiger partial charge in [-0.1, -0.05) is 36.8 Å². The number of amides is 2. The molecule has 2 saturated carbocycles. The lowest BCUT2D eigenvalue weighted by molar-refractivity contribution is 0.0154. The van der Waals surface area contributed by atoms with Crippen molar-refractivity contribution < 1.29 is 14.3 Å². The summed E-state index contributed by atoms with van der Waals surface area (Å²) in [6, 6.07) is 11.2. The summed E-state index contributed by atoms with van der Waals surface area (Å²) in [7, 11) is 6.10. The Kier molecular flexibility index (Phi) is 7.43. The molecule has 2 amide bonds. The van der Waals surface area contributed by atoms with Crippen LogP contribution in [-0.4, -0.2) is 86.9 Å². The predicted molar refractivity (Wildman–Crippen MR) is 127 cm³/mol. The van der Waals surface area contributed by atoms with E-state index in [4.69, 9.17) is 9.47 Å². The van der Waals surface area contributed by atoms with Crippen LogP contribution in [0.15, 0.2) is 30.3 Å². The highest BCUT2D eigenvalue weighted by Crippen LogP contribution is 2.49. The van der Waals surface area contributed by atoms with E-state index in [9.17, 15) is 4.79 Å². The summed E-state index contributed by atoms with van der Waals surface area (Å²) in [5.74, 6) is 0.684. The molecule has 2 aliphatic carbocycles. The van der Waals surface area contributed by atoms with Gasteiger partial charge in [0.15, 0.2) is 0 Å². The third kappa shape index (κ3) is 4.55. The first kappa shape index (κ1) is 23.5. The summed E-state index contributed by atoms with van der Waals surface area (Å²) < 4.78 is 10.7. The second kappa shape index (κ2) is 10.1. The maximum Gasteiger partial charge on any atom is 0.320 e. The van der Waals surface area contributed by atoms with E-state index in [0.29, 0.717) is 32.3 Å². The molecule has 32 heavy (non-hydrogen) atoms. The zero-order chi connectivity index (χ0) is 22.6. The van der Waals surface area contributed by atoms with Gasteiger partial charge in [0.2, 0.25) is 0 Å². The van der Waals surface area contributed by atoms with Gasteiger partial charge >= 0.3 is 6.03 Å². The van der Waals surface area contributed by atoms with Crippen molar-refractivity contribution >= 4 is 6.03 Å². The Morgan fingerprint density at radius 2 is 1.75 bits per heavy atom. The second-order valence-electron chi connectivity index (χ2n) is 10.2. The maximum absolute atomic E-state index is 13.5. The Labute approximate surface area is 193 Å². The zero-order valence-electron chi connectivity index (χ0n) is 20.2. The average Bonchev–Trinajstić information content (AvgIpc) is 3.02. The molecule has 1 heterocycles. The normalized spacial score (nSPS) is 28.7. The molecular weight excluding hydrogens is 402 g/mol. The van der Waals surface area contributed by atoms with Crippen molar-refractivity contribution in [2.24, 2.45) is 5.92 Å². The summed E-state index contributed by atoms with van der Waals surface area (Å²) in [5.41, 5.74) is 1.42. The molecule has 6 heteroatoms. The highest BCUT2D eigenvalue weighted by atomic mass is 16.5. The molecule has 6 nitrogen and oxygen atoms in total. The van der Waals surface area contributed by atoms with E-state index in [2.05, 4.69) is 59.1 Å². The van der Waals surface area contributed by atoms with E-state index in [1.807, 2.05) is 0 Å². The van der Waals surface area contributed by atoms with Crippen LogP contribution in [0.2, 0.25) is 0 Å². The molecule has 1 aromatic carbocycles. The van der Waals surface area contributed by atoms with Crippen LogP contribution in [-0.2, 0) is 15.0 Å². The Bertz CT molecular complexity index is 742. The Hall–Kier alpha value is -1.63. The van der Waals surface area contributed by atoms with Crippen molar-refractivity contribution in [2.75, 3.05) is 60.7 Å². The molecule has 3 aliphatic rings. The third-order valence-corrected chi connectivity index (χ3v) is 8.34. The lowest BCUT2D eigenvalue weighted by Crippen LogP contribution is -2.56.